The average molecular weight is 241 g/mol. The van der Waals surface area contributed by atoms with Crippen LogP contribution in [0.4, 0.5) is 0 Å². The SMILES string of the molecule is CCCCOCCC1CCCCC1NCCC. The molecule has 1 N–H and O–H groups in total. The van der Waals surface area contributed by atoms with Crippen molar-refractivity contribution in [3.63, 3.8) is 0 Å². The van der Waals surface area contributed by atoms with Crippen LogP contribution in [0, 0.1) is 5.92 Å². The van der Waals surface area contributed by atoms with Gasteiger partial charge in [-0.2, -0.15) is 0 Å². The number of unbranched alkanes of at least 4 members (excludes halogenated alkanes) is 1. The summed E-state index contributed by atoms with van der Waals surface area (Å²) in [6, 6.07) is 0.762. The predicted molar refractivity (Wildman–Crippen MR) is 74.4 cm³/mol. The minimum atomic E-state index is 0.762. The van der Waals surface area contributed by atoms with Gasteiger partial charge in [0, 0.05) is 19.3 Å². The molecule has 1 rings (SSSR count). The third-order valence-corrected chi connectivity index (χ3v) is 3.84. The normalized spacial score (nSPS) is 25.1. The van der Waals surface area contributed by atoms with Gasteiger partial charge in [-0.05, 0) is 44.6 Å². The van der Waals surface area contributed by atoms with Gasteiger partial charge < -0.3 is 10.1 Å². The van der Waals surface area contributed by atoms with Crippen molar-refractivity contribution in [3.8, 4) is 0 Å². The number of hydrogen-bond donors (Lipinski definition) is 1. The highest BCUT2D eigenvalue weighted by Gasteiger charge is 2.23. The molecule has 0 bridgehead atoms. The Morgan fingerprint density at radius 2 is 1.88 bits per heavy atom. The Kier molecular flexibility index (Phi) is 8.72. The van der Waals surface area contributed by atoms with Crippen molar-refractivity contribution >= 4 is 0 Å². The lowest BCUT2D eigenvalue weighted by molar-refractivity contribution is 0.103. The van der Waals surface area contributed by atoms with Crippen molar-refractivity contribution in [1.82, 2.24) is 5.32 Å². The lowest BCUT2D eigenvalue weighted by atomic mass is 9.82. The molecule has 0 aromatic rings. The fourth-order valence-electron chi connectivity index (χ4n) is 2.73. The summed E-state index contributed by atoms with van der Waals surface area (Å²) in [5, 5.41) is 3.72. The summed E-state index contributed by atoms with van der Waals surface area (Å²) >= 11 is 0. The van der Waals surface area contributed by atoms with E-state index in [0.29, 0.717) is 0 Å². The molecule has 2 unspecified atom stereocenters. The molecule has 17 heavy (non-hydrogen) atoms. The first-order chi connectivity index (χ1) is 8.38. The molecule has 0 spiro atoms. The first-order valence-electron chi connectivity index (χ1n) is 7.69. The summed E-state index contributed by atoms with van der Waals surface area (Å²) in [6.07, 6.45) is 10.6. The van der Waals surface area contributed by atoms with E-state index in [1.165, 1.54) is 57.9 Å². The Labute approximate surface area is 108 Å². The maximum absolute atomic E-state index is 5.70. The lowest BCUT2D eigenvalue weighted by Crippen LogP contribution is -2.39. The molecular formula is C15H31NO. The van der Waals surface area contributed by atoms with Gasteiger partial charge in [0.15, 0.2) is 0 Å². The molecule has 102 valence electrons. The maximum atomic E-state index is 5.70. The topological polar surface area (TPSA) is 21.3 Å². The van der Waals surface area contributed by atoms with Gasteiger partial charge in [0.25, 0.3) is 0 Å². The molecule has 1 saturated carbocycles. The largest absolute Gasteiger partial charge is 0.381 e. The van der Waals surface area contributed by atoms with Crippen molar-refractivity contribution < 1.29 is 4.74 Å². The van der Waals surface area contributed by atoms with Gasteiger partial charge in [-0.3, -0.25) is 0 Å². The summed E-state index contributed by atoms with van der Waals surface area (Å²) in [5.41, 5.74) is 0. The first kappa shape index (κ1) is 15.0. The van der Waals surface area contributed by atoms with Gasteiger partial charge in [-0.25, -0.2) is 0 Å². The van der Waals surface area contributed by atoms with Gasteiger partial charge in [0.1, 0.15) is 0 Å². The second-order valence-electron chi connectivity index (χ2n) is 5.36. The smallest absolute Gasteiger partial charge is 0.0469 e. The molecule has 1 aliphatic carbocycles. The predicted octanol–water partition coefficient (Wildman–Crippen LogP) is 3.75. The zero-order valence-corrected chi connectivity index (χ0v) is 11.8. The fraction of sp³-hybridized carbons (Fsp3) is 1.00. The van der Waals surface area contributed by atoms with Gasteiger partial charge in [-0.1, -0.05) is 33.1 Å². The van der Waals surface area contributed by atoms with Crippen LogP contribution in [-0.2, 0) is 4.74 Å². The van der Waals surface area contributed by atoms with Gasteiger partial charge >= 0.3 is 0 Å². The summed E-state index contributed by atoms with van der Waals surface area (Å²) in [4.78, 5) is 0. The lowest BCUT2D eigenvalue weighted by Gasteiger charge is -2.32. The zero-order valence-electron chi connectivity index (χ0n) is 11.8. The number of rotatable bonds is 9. The second-order valence-corrected chi connectivity index (χ2v) is 5.36. The number of ether oxygens (including phenoxy) is 1. The van der Waals surface area contributed by atoms with Crippen molar-refractivity contribution in [2.45, 2.75) is 71.3 Å². The van der Waals surface area contributed by atoms with E-state index in [9.17, 15) is 0 Å². The van der Waals surface area contributed by atoms with Crippen LogP contribution < -0.4 is 5.32 Å². The number of nitrogens with one attached hydrogen (secondary N) is 1. The average Bonchev–Trinajstić information content (AvgIpc) is 2.37. The van der Waals surface area contributed by atoms with E-state index < -0.39 is 0 Å². The van der Waals surface area contributed by atoms with Crippen LogP contribution in [0.3, 0.4) is 0 Å². The molecule has 0 heterocycles. The molecule has 1 aliphatic rings. The molecule has 0 aromatic carbocycles. The van der Waals surface area contributed by atoms with Crippen LogP contribution in [0.15, 0.2) is 0 Å². The third-order valence-electron chi connectivity index (χ3n) is 3.84. The quantitative estimate of drug-likeness (QED) is 0.621. The monoisotopic (exact) mass is 241 g/mol. The van der Waals surface area contributed by atoms with Crippen molar-refractivity contribution in [2.75, 3.05) is 19.8 Å². The molecule has 0 amide bonds. The number of hydrogen-bond acceptors (Lipinski definition) is 2. The first-order valence-corrected chi connectivity index (χ1v) is 7.69. The van der Waals surface area contributed by atoms with Crippen molar-refractivity contribution in [2.24, 2.45) is 5.92 Å². The van der Waals surface area contributed by atoms with Gasteiger partial charge in [0.05, 0.1) is 0 Å². The Morgan fingerprint density at radius 1 is 1.06 bits per heavy atom. The Hall–Kier alpha value is -0.0800. The third kappa shape index (κ3) is 6.42. The van der Waals surface area contributed by atoms with Gasteiger partial charge in [0.2, 0.25) is 0 Å². The van der Waals surface area contributed by atoms with Crippen LogP contribution in [0.25, 0.3) is 0 Å². The standard InChI is InChI=1S/C15H31NO/c1-3-5-12-17-13-10-14-8-6-7-9-15(14)16-11-4-2/h14-16H,3-13H2,1-2H3. The minimum absolute atomic E-state index is 0.762. The maximum Gasteiger partial charge on any atom is 0.0469 e. The molecule has 0 aliphatic heterocycles. The van der Waals surface area contributed by atoms with Crippen molar-refractivity contribution in [3.05, 3.63) is 0 Å². The summed E-state index contributed by atoms with van der Waals surface area (Å²) < 4.78 is 5.70. The summed E-state index contributed by atoms with van der Waals surface area (Å²) in [7, 11) is 0. The second kappa shape index (κ2) is 9.90. The van der Waals surface area contributed by atoms with E-state index in [0.717, 1.165) is 25.2 Å². The molecular weight excluding hydrogens is 210 g/mol. The summed E-state index contributed by atoms with van der Waals surface area (Å²) in [6.45, 7) is 7.57. The van der Waals surface area contributed by atoms with Crippen LogP contribution in [0.5, 0.6) is 0 Å². The van der Waals surface area contributed by atoms with E-state index in [2.05, 4.69) is 19.2 Å². The highest BCUT2D eigenvalue weighted by Crippen LogP contribution is 2.27. The minimum Gasteiger partial charge on any atom is -0.381 e. The van der Waals surface area contributed by atoms with E-state index >= 15 is 0 Å². The highest BCUT2D eigenvalue weighted by molar-refractivity contribution is 4.80. The van der Waals surface area contributed by atoms with E-state index in [4.69, 9.17) is 4.74 Å². The van der Waals surface area contributed by atoms with Crippen molar-refractivity contribution in [1.29, 1.82) is 0 Å². The molecule has 2 nitrogen and oxygen atoms in total. The Bertz CT molecular complexity index is 172. The molecule has 2 heteroatoms. The summed E-state index contributed by atoms with van der Waals surface area (Å²) in [5.74, 6) is 0.858. The Balaban J connectivity index is 2.13. The zero-order chi connectivity index (χ0) is 12.3. The van der Waals surface area contributed by atoms with Gasteiger partial charge in [-0.15, -0.1) is 0 Å². The van der Waals surface area contributed by atoms with Crippen LogP contribution >= 0.6 is 0 Å². The molecule has 0 aromatic heterocycles. The van der Waals surface area contributed by atoms with Crippen LogP contribution in [-0.4, -0.2) is 25.8 Å². The van der Waals surface area contributed by atoms with Crippen LogP contribution in [0.2, 0.25) is 0 Å². The van der Waals surface area contributed by atoms with Crippen LogP contribution in [0.1, 0.15) is 65.2 Å². The Morgan fingerprint density at radius 3 is 2.65 bits per heavy atom. The highest BCUT2D eigenvalue weighted by atomic mass is 16.5. The molecule has 2 atom stereocenters. The molecule has 0 saturated heterocycles. The van der Waals surface area contributed by atoms with E-state index in [-0.39, 0.29) is 0 Å². The molecule has 1 fully saturated rings. The van der Waals surface area contributed by atoms with E-state index in [1.807, 2.05) is 0 Å². The molecule has 0 radical (unpaired) electrons. The fourth-order valence-corrected chi connectivity index (χ4v) is 2.73. The van der Waals surface area contributed by atoms with E-state index in [1.54, 1.807) is 0 Å².